The van der Waals surface area contributed by atoms with Crippen molar-refractivity contribution in [1.29, 1.82) is 0 Å². The molecule has 3 aromatic heterocycles. The van der Waals surface area contributed by atoms with Crippen LogP contribution in [0.25, 0.3) is 22.3 Å². The van der Waals surface area contributed by atoms with Gasteiger partial charge >= 0.3 is 0 Å². The molecule has 132 valence electrons. The first kappa shape index (κ1) is 16.1. The number of aromatic nitrogens is 7. The van der Waals surface area contributed by atoms with Crippen molar-refractivity contribution in [2.75, 3.05) is 12.0 Å². The van der Waals surface area contributed by atoms with E-state index in [2.05, 4.69) is 30.7 Å². The van der Waals surface area contributed by atoms with Crippen LogP contribution < -0.4 is 5.32 Å². The van der Waals surface area contributed by atoms with Gasteiger partial charge in [0.05, 0.1) is 24.1 Å². The third-order valence-electron chi connectivity index (χ3n) is 4.03. The number of nitrogens with one attached hydrogen (secondary N) is 1. The summed E-state index contributed by atoms with van der Waals surface area (Å²) in [5.41, 5.74) is 3.31. The van der Waals surface area contributed by atoms with E-state index in [4.69, 9.17) is 0 Å². The van der Waals surface area contributed by atoms with E-state index >= 15 is 0 Å². The topological polar surface area (TPSA) is 86.3 Å². The van der Waals surface area contributed by atoms with E-state index in [0.29, 0.717) is 18.9 Å². The van der Waals surface area contributed by atoms with Crippen LogP contribution in [0.15, 0.2) is 42.7 Å². The third-order valence-corrected chi connectivity index (χ3v) is 4.03. The lowest BCUT2D eigenvalue weighted by Crippen LogP contribution is -2.03. The van der Waals surface area contributed by atoms with Crippen molar-refractivity contribution >= 4 is 22.8 Å². The quantitative estimate of drug-likeness (QED) is 0.574. The smallest absolute Gasteiger partial charge is 0.228 e. The van der Waals surface area contributed by atoms with Gasteiger partial charge < -0.3 is 5.32 Å². The van der Waals surface area contributed by atoms with Gasteiger partial charge in [0.25, 0.3) is 0 Å². The highest BCUT2D eigenvalue weighted by Crippen LogP contribution is 2.23. The lowest BCUT2D eigenvalue weighted by molar-refractivity contribution is 0.435. The molecule has 0 aliphatic carbocycles. The second-order valence-corrected chi connectivity index (χ2v) is 5.79. The first-order valence-electron chi connectivity index (χ1n) is 8.22. The highest BCUT2D eigenvalue weighted by molar-refractivity contribution is 5.80. The molecule has 4 aromatic rings. The molecule has 4 rings (SSSR count). The van der Waals surface area contributed by atoms with Gasteiger partial charge in [-0.1, -0.05) is 11.3 Å². The molecule has 9 heteroatoms. The number of alkyl halides is 1. The zero-order valence-corrected chi connectivity index (χ0v) is 14.2. The summed E-state index contributed by atoms with van der Waals surface area (Å²) >= 11 is 0. The summed E-state index contributed by atoms with van der Waals surface area (Å²) in [7, 11) is 1.84. The van der Waals surface area contributed by atoms with Gasteiger partial charge in [0.2, 0.25) is 5.95 Å². The highest BCUT2D eigenvalue weighted by atomic mass is 19.1. The molecular formula is C17H17FN8. The predicted octanol–water partition coefficient (Wildman–Crippen LogP) is 2.73. The van der Waals surface area contributed by atoms with Gasteiger partial charge in [-0.3, -0.25) is 9.07 Å². The van der Waals surface area contributed by atoms with Crippen LogP contribution in [-0.2, 0) is 13.6 Å². The maximum Gasteiger partial charge on any atom is 0.228 e. The zero-order valence-electron chi connectivity index (χ0n) is 14.2. The number of benzene rings is 1. The molecule has 26 heavy (non-hydrogen) atoms. The van der Waals surface area contributed by atoms with Crippen LogP contribution >= 0.6 is 0 Å². The van der Waals surface area contributed by atoms with Crippen molar-refractivity contribution in [1.82, 2.24) is 34.7 Å². The van der Waals surface area contributed by atoms with Crippen molar-refractivity contribution < 1.29 is 4.39 Å². The number of halogens is 1. The lowest BCUT2D eigenvalue weighted by Gasteiger charge is -2.07. The van der Waals surface area contributed by atoms with E-state index in [9.17, 15) is 4.39 Å². The Morgan fingerprint density at radius 3 is 2.88 bits per heavy atom. The van der Waals surface area contributed by atoms with Gasteiger partial charge in [0.15, 0.2) is 0 Å². The minimum absolute atomic E-state index is 0.368. The van der Waals surface area contributed by atoms with E-state index in [1.165, 1.54) is 0 Å². The van der Waals surface area contributed by atoms with Crippen LogP contribution in [0.4, 0.5) is 16.2 Å². The molecule has 0 saturated heterocycles. The maximum atomic E-state index is 12.4. The Balaban J connectivity index is 1.63. The number of fused-ring (bicyclic) bond motifs is 1. The second kappa shape index (κ2) is 6.87. The molecule has 8 nitrogen and oxygen atoms in total. The highest BCUT2D eigenvalue weighted by Gasteiger charge is 2.09. The number of rotatable bonds is 6. The van der Waals surface area contributed by atoms with Crippen molar-refractivity contribution in [2.24, 2.45) is 7.05 Å². The fourth-order valence-corrected chi connectivity index (χ4v) is 2.70. The monoisotopic (exact) mass is 352 g/mol. The van der Waals surface area contributed by atoms with Crippen LogP contribution in [0.1, 0.15) is 6.42 Å². The van der Waals surface area contributed by atoms with Gasteiger partial charge in [-0.15, -0.1) is 5.10 Å². The van der Waals surface area contributed by atoms with E-state index in [-0.39, 0.29) is 6.67 Å². The average Bonchev–Trinajstić information content (AvgIpc) is 3.26. The summed E-state index contributed by atoms with van der Waals surface area (Å²) in [4.78, 5) is 8.80. The van der Waals surface area contributed by atoms with E-state index in [1.54, 1.807) is 21.8 Å². The fraction of sp³-hybridized carbons (Fsp3) is 0.235. The number of hydrogen-bond donors (Lipinski definition) is 1. The summed E-state index contributed by atoms with van der Waals surface area (Å²) < 4.78 is 15.8. The Morgan fingerprint density at radius 1 is 1.15 bits per heavy atom. The maximum absolute atomic E-state index is 12.4. The van der Waals surface area contributed by atoms with Crippen molar-refractivity contribution in [3.8, 4) is 11.3 Å². The Hall–Kier alpha value is -3.36. The molecule has 1 N–H and O–H groups in total. The number of anilines is 2. The molecule has 0 atom stereocenters. The molecule has 1 aromatic carbocycles. The first-order valence-corrected chi connectivity index (χ1v) is 8.22. The zero-order chi connectivity index (χ0) is 17.9. The van der Waals surface area contributed by atoms with Crippen LogP contribution in [0.2, 0.25) is 0 Å². The van der Waals surface area contributed by atoms with Crippen LogP contribution in [0.5, 0.6) is 0 Å². The van der Waals surface area contributed by atoms with Crippen molar-refractivity contribution in [3.05, 3.63) is 42.7 Å². The first-order chi connectivity index (χ1) is 12.7. The molecular weight excluding hydrogens is 335 g/mol. The summed E-state index contributed by atoms with van der Waals surface area (Å²) in [5, 5.41) is 15.5. The molecule has 0 bridgehead atoms. The normalized spacial score (nSPS) is 11.2. The molecule has 0 radical (unpaired) electrons. The molecule has 0 spiro atoms. The Morgan fingerprint density at radius 2 is 2.08 bits per heavy atom. The summed E-state index contributed by atoms with van der Waals surface area (Å²) in [6.45, 7) is 0.144. The minimum atomic E-state index is -0.368. The molecule has 0 fully saturated rings. The predicted molar refractivity (Wildman–Crippen MR) is 95.6 cm³/mol. The fourth-order valence-electron chi connectivity index (χ4n) is 2.70. The summed E-state index contributed by atoms with van der Waals surface area (Å²) in [6.07, 6.45) is 3.82. The van der Waals surface area contributed by atoms with Crippen molar-refractivity contribution in [3.63, 3.8) is 0 Å². The van der Waals surface area contributed by atoms with Crippen LogP contribution in [0.3, 0.4) is 0 Å². The Kier molecular flexibility index (Phi) is 4.26. The number of aryl methyl sites for hydroxylation is 2. The van der Waals surface area contributed by atoms with Gasteiger partial charge in [-0.2, -0.15) is 5.10 Å². The van der Waals surface area contributed by atoms with E-state index in [0.717, 1.165) is 28.1 Å². The van der Waals surface area contributed by atoms with E-state index < -0.39 is 0 Å². The minimum Gasteiger partial charge on any atom is -0.309 e. The molecule has 0 unspecified atom stereocenters. The molecule has 0 amide bonds. The van der Waals surface area contributed by atoms with Crippen LogP contribution in [-0.4, -0.2) is 41.4 Å². The lowest BCUT2D eigenvalue weighted by atomic mass is 10.1. The summed E-state index contributed by atoms with van der Waals surface area (Å²) in [6, 6.07) is 9.48. The molecule has 0 aliphatic rings. The number of hydrogen-bond acceptors (Lipinski definition) is 6. The van der Waals surface area contributed by atoms with Gasteiger partial charge in [0, 0.05) is 31.4 Å². The Bertz CT molecular complexity index is 1040. The molecule has 0 saturated carbocycles. The SMILES string of the molecule is Cn1nccc1Nc1nccc(-c2ccc3c(c2)nnn3CCCF)n1. The third kappa shape index (κ3) is 3.10. The second-order valence-electron chi connectivity index (χ2n) is 5.79. The molecule has 0 aliphatic heterocycles. The number of nitrogens with zero attached hydrogens (tertiary/aromatic N) is 7. The molecule has 3 heterocycles. The van der Waals surface area contributed by atoms with Gasteiger partial charge in [0.1, 0.15) is 11.3 Å². The average molecular weight is 352 g/mol. The summed E-state index contributed by atoms with van der Waals surface area (Å²) in [5.74, 6) is 1.28. The van der Waals surface area contributed by atoms with E-state index in [1.807, 2.05) is 37.4 Å². The standard InChI is InChI=1S/C17H17FN8/c1-25-16(6-9-20-25)22-17-19-8-5-13(21-17)12-3-4-15-14(11-12)23-24-26(15)10-2-7-18/h3-6,8-9,11H,2,7,10H2,1H3,(H,19,21,22). The van der Waals surface area contributed by atoms with Gasteiger partial charge in [-0.25, -0.2) is 14.6 Å². The Labute approximate surface area is 148 Å². The van der Waals surface area contributed by atoms with Crippen LogP contribution in [0, 0.1) is 0 Å². The van der Waals surface area contributed by atoms with Crippen molar-refractivity contribution in [2.45, 2.75) is 13.0 Å². The largest absolute Gasteiger partial charge is 0.309 e. The van der Waals surface area contributed by atoms with Gasteiger partial charge in [-0.05, 0) is 24.6 Å².